The highest BCUT2D eigenvalue weighted by Crippen LogP contribution is 2.32. The zero-order chi connectivity index (χ0) is 12.1. The van der Waals surface area contributed by atoms with E-state index in [4.69, 9.17) is 9.15 Å². The highest BCUT2D eigenvalue weighted by Gasteiger charge is 2.27. The van der Waals surface area contributed by atoms with Crippen LogP contribution in [-0.4, -0.2) is 19.8 Å². The molecule has 0 spiro atoms. The zero-order valence-electron chi connectivity index (χ0n) is 10.2. The Kier molecular flexibility index (Phi) is 5.07. The van der Waals surface area contributed by atoms with Gasteiger partial charge in [-0.3, -0.25) is 0 Å². The van der Waals surface area contributed by atoms with Crippen molar-refractivity contribution < 1.29 is 9.15 Å². The molecule has 1 saturated heterocycles. The number of hydrogen-bond acceptors (Lipinski definition) is 3. The van der Waals surface area contributed by atoms with E-state index in [0.717, 1.165) is 49.5 Å². The Balaban J connectivity index is 2.06. The molecule has 0 bridgehead atoms. The molecule has 1 aromatic rings. The molecule has 0 amide bonds. The fourth-order valence-corrected chi connectivity index (χ4v) is 2.66. The number of hydrogen-bond donors (Lipinski definition) is 1. The predicted octanol–water partition coefficient (Wildman–Crippen LogP) is 3.51. The molecule has 2 rings (SSSR count). The van der Waals surface area contributed by atoms with E-state index in [1.165, 1.54) is 0 Å². The second kappa shape index (κ2) is 6.57. The van der Waals surface area contributed by atoms with Gasteiger partial charge < -0.3 is 14.5 Å². The maximum Gasteiger partial charge on any atom is 0.169 e. The number of ether oxygens (including phenoxy) is 1. The minimum atomic E-state index is 0.324. The molecule has 1 fully saturated rings. The Hall–Kier alpha value is -0.320. The molecule has 1 unspecified atom stereocenters. The van der Waals surface area contributed by atoms with E-state index in [-0.39, 0.29) is 0 Å². The Bertz CT molecular complexity index is 334. The summed E-state index contributed by atoms with van der Waals surface area (Å²) in [5.41, 5.74) is 0. The summed E-state index contributed by atoms with van der Waals surface area (Å²) in [5.74, 6) is 1.66. The summed E-state index contributed by atoms with van der Waals surface area (Å²) >= 11 is 3.37. The average molecular weight is 302 g/mol. The topological polar surface area (TPSA) is 34.4 Å². The molecule has 3 nitrogen and oxygen atoms in total. The number of nitrogens with one attached hydrogen (secondary N) is 1. The molecular formula is C13H20BrNO2. The van der Waals surface area contributed by atoms with Gasteiger partial charge in [0.15, 0.2) is 4.67 Å². The SMILES string of the molecule is CCCNC(c1ccc(Br)o1)C1CCOCC1. The normalized spacial score (nSPS) is 19.4. The van der Waals surface area contributed by atoms with Gasteiger partial charge in [-0.1, -0.05) is 6.92 Å². The molecule has 0 aromatic carbocycles. The summed E-state index contributed by atoms with van der Waals surface area (Å²) in [6, 6.07) is 4.35. The van der Waals surface area contributed by atoms with Crippen LogP contribution in [0.1, 0.15) is 38.0 Å². The van der Waals surface area contributed by atoms with Crippen LogP contribution in [0.25, 0.3) is 0 Å². The summed E-state index contributed by atoms with van der Waals surface area (Å²) in [6.45, 7) is 4.96. The first-order valence-electron chi connectivity index (χ1n) is 6.37. The molecule has 4 heteroatoms. The van der Waals surface area contributed by atoms with Crippen LogP contribution in [0.2, 0.25) is 0 Å². The van der Waals surface area contributed by atoms with E-state index >= 15 is 0 Å². The average Bonchev–Trinajstić information content (AvgIpc) is 2.78. The summed E-state index contributed by atoms with van der Waals surface area (Å²) < 4.78 is 11.9. The Labute approximate surface area is 111 Å². The van der Waals surface area contributed by atoms with Crippen molar-refractivity contribution in [2.24, 2.45) is 5.92 Å². The first kappa shape index (κ1) is 13.1. The maximum absolute atomic E-state index is 5.71. The summed E-state index contributed by atoms with van der Waals surface area (Å²) in [5, 5.41) is 3.60. The molecule has 17 heavy (non-hydrogen) atoms. The van der Waals surface area contributed by atoms with Gasteiger partial charge in [-0.15, -0.1) is 0 Å². The van der Waals surface area contributed by atoms with Crippen molar-refractivity contribution in [3.63, 3.8) is 0 Å². The summed E-state index contributed by atoms with van der Waals surface area (Å²) in [7, 11) is 0. The highest BCUT2D eigenvalue weighted by atomic mass is 79.9. The van der Waals surface area contributed by atoms with Crippen LogP contribution < -0.4 is 5.32 Å². The van der Waals surface area contributed by atoms with Gasteiger partial charge >= 0.3 is 0 Å². The lowest BCUT2D eigenvalue weighted by Gasteiger charge is -2.29. The van der Waals surface area contributed by atoms with Crippen LogP contribution in [0.3, 0.4) is 0 Å². The van der Waals surface area contributed by atoms with Gasteiger partial charge in [0.1, 0.15) is 5.76 Å². The van der Waals surface area contributed by atoms with Gasteiger partial charge in [-0.2, -0.15) is 0 Å². The molecule has 96 valence electrons. The number of halogens is 1. The molecule has 1 aliphatic rings. The quantitative estimate of drug-likeness (QED) is 0.904. The molecule has 2 heterocycles. The largest absolute Gasteiger partial charge is 0.453 e. The molecule has 1 aliphatic heterocycles. The van der Waals surface area contributed by atoms with Gasteiger partial charge in [0, 0.05) is 13.2 Å². The van der Waals surface area contributed by atoms with Crippen LogP contribution in [0.15, 0.2) is 21.2 Å². The van der Waals surface area contributed by atoms with E-state index < -0.39 is 0 Å². The fraction of sp³-hybridized carbons (Fsp3) is 0.692. The van der Waals surface area contributed by atoms with Crippen molar-refractivity contribution in [1.29, 1.82) is 0 Å². The monoisotopic (exact) mass is 301 g/mol. The lowest BCUT2D eigenvalue weighted by atomic mass is 9.90. The smallest absolute Gasteiger partial charge is 0.169 e. The molecule has 0 aliphatic carbocycles. The zero-order valence-corrected chi connectivity index (χ0v) is 11.8. The van der Waals surface area contributed by atoms with Crippen molar-refractivity contribution in [2.75, 3.05) is 19.8 Å². The van der Waals surface area contributed by atoms with E-state index in [9.17, 15) is 0 Å². The number of rotatable bonds is 5. The number of furan rings is 1. The van der Waals surface area contributed by atoms with Crippen LogP contribution in [-0.2, 0) is 4.74 Å². The second-order valence-corrected chi connectivity index (χ2v) is 5.31. The first-order valence-corrected chi connectivity index (χ1v) is 7.17. The third kappa shape index (κ3) is 3.57. The standard InChI is InChI=1S/C13H20BrNO2/c1-2-7-15-13(10-5-8-16-9-6-10)11-3-4-12(14)17-11/h3-4,10,13,15H,2,5-9H2,1H3. The van der Waals surface area contributed by atoms with Crippen LogP contribution >= 0.6 is 15.9 Å². The summed E-state index contributed by atoms with van der Waals surface area (Å²) in [4.78, 5) is 0. The third-order valence-electron chi connectivity index (χ3n) is 3.25. The van der Waals surface area contributed by atoms with Gasteiger partial charge in [-0.25, -0.2) is 0 Å². The van der Waals surface area contributed by atoms with Crippen LogP contribution in [0.4, 0.5) is 0 Å². The van der Waals surface area contributed by atoms with E-state index in [1.54, 1.807) is 0 Å². The van der Waals surface area contributed by atoms with E-state index in [2.05, 4.69) is 34.2 Å². The maximum atomic E-state index is 5.71. The lowest BCUT2D eigenvalue weighted by Crippen LogP contribution is -2.32. The Morgan fingerprint density at radius 3 is 2.76 bits per heavy atom. The lowest BCUT2D eigenvalue weighted by molar-refractivity contribution is 0.0505. The fourth-order valence-electron chi connectivity index (χ4n) is 2.34. The third-order valence-corrected chi connectivity index (χ3v) is 3.68. The minimum absolute atomic E-state index is 0.324. The molecule has 0 saturated carbocycles. The Morgan fingerprint density at radius 2 is 2.18 bits per heavy atom. The van der Waals surface area contributed by atoms with Gasteiger partial charge in [-0.05, 0) is 59.8 Å². The van der Waals surface area contributed by atoms with Crippen LogP contribution in [0.5, 0.6) is 0 Å². The molecule has 0 radical (unpaired) electrons. The minimum Gasteiger partial charge on any atom is -0.453 e. The molecule has 1 atom stereocenters. The highest BCUT2D eigenvalue weighted by molar-refractivity contribution is 9.10. The first-order chi connectivity index (χ1) is 8.31. The van der Waals surface area contributed by atoms with Crippen molar-refractivity contribution in [3.05, 3.63) is 22.6 Å². The van der Waals surface area contributed by atoms with Crippen molar-refractivity contribution in [2.45, 2.75) is 32.2 Å². The van der Waals surface area contributed by atoms with E-state index in [0.29, 0.717) is 12.0 Å². The molecular weight excluding hydrogens is 282 g/mol. The van der Waals surface area contributed by atoms with Crippen LogP contribution in [0, 0.1) is 5.92 Å². The van der Waals surface area contributed by atoms with Crippen molar-refractivity contribution in [3.8, 4) is 0 Å². The Morgan fingerprint density at radius 1 is 1.41 bits per heavy atom. The summed E-state index contributed by atoms with van der Waals surface area (Å²) in [6.07, 6.45) is 3.36. The van der Waals surface area contributed by atoms with Gasteiger partial charge in [0.25, 0.3) is 0 Å². The predicted molar refractivity (Wildman–Crippen MR) is 71.0 cm³/mol. The van der Waals surface area contributed by atoms with Crippen molar-refractivity contribution >= 4 is 15.9 Å². The van der Waals surface area contributed by atoms with Gasteiger partial charge in [0.05, 0.1) is 6.04 Å². The van der Waals surface area contributed by atoms with E-state index in [1.807, 2.05) is 6.07 Å². The molecule has 1 N–H and O–H groups in total. The van der Waals surface area contributed by atoms with Crippen molar-refractivity contribution in [1.82, 2.24) is 5.32 Å². The molecule has 1 aromatic heterocycles. The second-order valence-electron chi connectivity index (χ2n) is 4.52. The van der Waals surface area contributed by atoms with Gasteiger partial charge in [0.2, 0.25) is 0 Å².